The fraction of sp³-hybridized carbons (Fsp3) is 0.333. The molecule has 4 rings (SSSR count). The highest BCUT2D eigenvalue weighted by Crippen LogP contribution is 2.32. The molecule has 1 aliphatic heterocycles. The first-order valence-corrected chi connectivity index (χ1v) is 10.2. The van der Waals surface area contributed by atoms with E-state index in [0.717, 1.165) is 41.1 Å². The van der Waals surface area contributed by atoms with Crippen LogP contribution in [0.25, 0.3) is 22.3 Å². The lowest BCUT2D eigenvalue weighted by atomic mass is 9.95. The van der Waals surface area contributed by atoms with Crippen LogP contribution in [0.5, 0.6) is 0 Å². The third-order valence-electron chi connectivity index (χ3n) is 5.34. The molecule has 0 aliphatic carbocycles. The van der Waals surface area contributed by atoms with Crippen LogP contribution < -0.4 is 10.2 Å². The largest absolute Gasteiger partial charge is 0.353 e. The number of hydrogen-bond donors (Lipinski definition) is 1. The van der Waals surface area contributed by atoms with Gasteiger partial charge in [0.2, 0.25) is 5.91 Å². The molecular weight excluding hydrogens is 374 g/mol. The van der Waals surface area contributed by atoms with E-state index in [2.05, 4.69) is 16.3 Å². The zero-order chi connectivity index (χ0) is 21.3. The molecule has 2 heterocycles. The molecule has 0 spiro atoms. The van der Waals surface area contributed by atoms with E-state index < -0.39 is 5.41 Å². The quantitative estimate of drug-likeness (QED) is 0.722. The summed E-state index contributed by atoms with van der Waals surface area (Å²) >= 11 is 0. The normalized spacial score (nSPS) is 16.5. The molecule has 0 bridgehead atoms. The molecule has 30 heavy (non-hydrogen) atoms. The van der Waals surface area contributed by atoms with Crippen LogP contribution in [-0.4, -0.2) is 35.0 Å². The molecule has 1 amide bonds. The number of nitriles is 1. The van der Waals surface area contributed by atoms with E-state index in [0.29, 0.717) is 12.1 Å². The number of fused-ring (bicyclic) bond motifs is 1. The van der Waals surface area contributed by atoms with Crippen molar-refractivity contribution in [3.8, 4) is 17.3 Å². The summed E-state index contributed by atoms with van der Waals surface area (Å²) in [4.78, 5) is 24.4. The number of rotatable bonds is 3. The lowest BCUT2D eigenvalue weighted by Crippen LogP contribution is -2.43. The second-order valence-corrected chi connectivity index (χ2v) is 8.73. The summed E-state index contributed by atoms with van der Waals surface area (Å²) < 4.78 is 0. The van der Waals surface area contributed by atoms with Gasteiger partial charge < -0.3 is 10.2 Å². The molecular formula is C24H25N5O. The minimum atomic E-state index is -0.413. The van der Waals surface area contributed by atoms with Gasteiger partial charge in [0.05, 0.1) is 22.7 Å². The third-order valence-corrected chi connectivity index (χ3v) is 5.34. The molecule has 1 atom stereocenters. The average molecular weight is 399 g/mol. The molecule has 6 heteroatoms. The van der Waals surface area contributed by atoms with Gasteiger partial charge in [-0.2, -0.15) is 5.26 Å². The van der Waals surface area contributed by atoms with Crippen molar-refractivity contribution >= 4 is 22.8 Å². The molecule has 0 saturated carbocycles. The minimum Gasteiger partial charge on any atom is -0.353 e. The first kappa shape index (κ1) is 19.8. The van der Waals surface area contributed by atoms with Gasteiger partial charge in [-0.1, -0.05) is 45.0 Å². The van der Waals surface area contributed by atoms with Crippen molar-refractivity contribution in [2.75, 3.05) is 18.0 Å². The highest BCUT2D eigenvalue weighted by atomic mass is 16.2. The molecule has 152 valence electrons. The van der Waals surface area contributed by atoms with Crippen molar-refractivity contribution in [3.05, 3.63) is 54.1 Å². The molecule has 6 nitrogen and oxygen atoms in total. The molecule has 3 aromatic rings. The Morgan fingerprint density at radius 3 is 2.40 bits per heavy atom. The van der Waals surface area contributed by atoms with Gasteiger partial charge >= 0.3 is 0 Å². The summed E-state index contributed by atoms with van der Waals surface area (Å²) in [5, 5.41) is 12.3. The van der Waals surface area contributed by atoms with Crippen LogP contribution in [0.3, 0.4) is 0 Å². The first-order chi connectivity index (χ1) is 14.3. The Morgan fingerprint density at radius 1 is 1.10 bits per heavy atom. The lowest BCUT2D eigenvalue weighted by molar-refractivity contribution is -0.129. The Bertz CT molecular complexity index is 1130. The van der Waals surface area contributed by atoms with Crippen molar-refractivity contribution < 1.29 is 4.79 Å². The van der Waals surface area contributed by atoms with Crippen molar-refractivity contribution in [2.45, 2.75) is 33.2 Å². The van der Waals surface area contributed by atoms with Gasteiger partial charge in [0.15, 0.2) is 5.82 Å². The molecule has 2 aromatic carbocycles. The summed E-state index contributed by atoms with van der Waals surface area (Å²) in [6.45, 7) is 7.26. The van der Waals surface area contributed by atoms with Gasteiger partial charge in [-0.05, 0) is 30.7 Å². The van der Waals surface area contributed by atoms with Crippen molar-refractivity contribution in [1.82, 2.24) is 15.3 Å². The Morgan fingerprint density at radius 2 is 1.77 bits per heavy atom. The van der Waals surface area contributed by atoms with Gasteiger partial charge in [0.25, 0.3) is 0 Å². The number of anilines is 1. The van der Waals surface area contributed by atoms with E-state index >= 15 is 0 Å². The van der Waals surface area contributed by atoms with E-state index in [9.17, 15) is 4.79 Å². The number of benzene rings is 2. The van der Waals surface area contributed by atoms with Crippen molar-refractivity contribution in [2.24, 2.45) is 5.41 Å². The molecule has 1 aromatic heterocycles. The standard InChI is InChI=1S/C24H25N5O/c1-24(2,3)23(30)26-18-12-13-29(15-18)22-21(17-10-8-16(14-25)9-11-17)27-19-6-4-5-7-20(19)28-22/h4-11,18H,12-13,15H2,1-3H3,(H,26,30). The van der Waals surface area contributed by atoms with E-state index in [1.807, 2.05) is 57.2 Å². The fourth-order valence-corrected chi connectivity index (χ4v) is 3.58. The number of amides is 1. The first-order valence-electron chi connectivity index (χ1n) is 10.2. The van der Waals surface area contributed by atoms with E-state index in [1.165, 1.54) is 0 Å². The van der Waals surface area contributed by atoms with Gasteiger partial charge in [-0.3, -0.25) is 4.79 Å². The van der Waals surface area contributed by atoms with Crippen LogP contribution in [0.1, 0.15) is 32.8 Å². The fourth-order valence-electron chi connectivity index (χ4n) is 3.58. The molecule has 1 unspecified atom stereocenters. The molecule has 1 fully saturated rings. The number of aromatic nitrogens is 2. The van der Waals surface area contributed by atoms with Gasteiger partial charge in [0, 0.05) is 30.1 Å². The number of hydrogen-bond acceptors (Lipinski definition) is 5. The van der Waals surface area contributed by atoms with Crippen LogP contribution >= 0.6 is 0 Å². The molecule has 1 saturated heterocycles. The Hall–Kier alpha value is -3.46. The topological polar surface area (TPSA) is 81.9 Å². The van der Waals surface area contributed by atoms with E-state index in [1.54, 1.807) is 12.1 Å². The van der Waals surface area contributed by atoms with Gasteiger partial charge in [-0.15, -0.1) is 0 Å². The zero-order valence-electron chi connectivity index (χ0n) is 17.5. The van der Waals surface area contributed by atoms with E-state index in [-0.39, 0.29) is 11.9 Å². The van der Waals surface area contributed by atoms with Crippen LogP contribution in [0, 0.1) is 16.7 Å². The summed E-state index contributed by atoms with van der Waals surface area (Å²) in [5.41, 5.74) is 3.58. The summed E-state index contributed by atoms with van der Waals surface area (Å²) in [6.07, 6.45) is 0.864. The third kappa shape index (κ3) is 3.97. The average Bonchev–Trinajstić information content (AvgIpc) is 3.20. The number of para-hydroxylation sites is 2. The SMILES string of the molecule is CC(C)(C)C(=O)NC1CCN(c2nc3ccccc3nc2-c2ccc(C#N)cc2)C1. The van der Waals surface area contributed by atoms with Crippen molar-refractivity contribution in [3.63, 3.8) is 0 Å². The Kier molecular flexibility index (Phi) is 5.13. The smallest absolute Gasteiger partial charge is 0.225 e. The van der Waals surface area contributed by atoms with E-state index in [4.69, 9.17) is 15.2 Å². The van der Waals surface area contributed by atoms with Crippen LogP contribution in [-0.2, 0) is 4.79 Å². The highest BCUT2D eigenvalue weighted by molar-refractivity contribution is 5.84. The number of nitrogens with zero attached hydrogens (tertiary/aromatic N) is 4. The number of carbonyl (C=O) groups is 1. The number of nitrogens with one attached hydrogen (secondary N) is 1. The lowest BCUT2D eigenvalue weighted by Gasteiger charge is -2.23. The molecule has 1 N–H and O–H groups in total. The number of carbonyl (C=O) groups excluding carboxylic acids is 1. The maximum absolute atomic E-state index is 12.4. The predicted octanol–water partition coefficient (Wildman–Crippen LogP) is 3.91. The maximum Gasteiger partial charge on any atom is 0.225 e. The summed E-state index contributed by atoms with van der Waals surface area (Å²) in [6, 6.07) is 17.5. The predicted molar refractivity (Wildman–Crippen MR) is 118 cm³/mol. The highest BCUT2D eigenvalue weighted by Gasteiger charge is 2.30. The summed E-state index contributed by atoms with van der Waals surface area (Å²) in [7, 11) is 0. The maximum atomic E-state index is 12.4. The van der Waals surface area contributed by atoms with Gasteiger partial charge in [-0.25, -0.2) is 9.97 Å². The second kappa shape index (κ2) is 7.75. The minimum absolute atomic E-state index is 0.0614. The molecule has 1 aliphatic rings. The van der Waals surface area contributed by atoms with Gasteiger partial charge in [0.1, 0.15) is 5.69 Å². The van der Waals surface area contributed by atoms with Crippen molar-refractivity contribution in [1.29, 1.82) is 5.26 Å². The second-order valence-electron chi connectivity index (χ2n) is 8.73. The summed E-state index contributed by atoms with van der Waals surface area (Å²) in [5.74, 6) is 0.872. The Balaban J connectivity index is 1.69. The zero-order valence-corrected chi connectivity index (χ0v) is 17.5. The molecule has 0 radical (unpaired) electrons. The monoisotopic (exact) mass is 399 g/mol. The Labute approximate surface area is 176 Å². The van der Waals surface area contributed by atoms with Crippen LogP contribution in [0.4, 0.5) is 5.82 Å². The van der Waals surface area contributed by atoms with Crippen LogP contribution in [0.2, 0.25) is 0 Å². The van der Waals surface area contributed by atoms with Crippen LogP contribution in [0.15, 0.2) is 48.5 Å².